The molecular weight excluding hydrogens is 238 g/mol. The van der Waals surface area contributed by atoms with Gasteiger partial charge in [-0.1, -0.05) is 13.5 Å². The lowest BCUT2D eigenvalue weighted by Gasteiger charge is -2.12. The van der Waals surface area contributed by atoms with Crippen molar-refractivity contribution in [2.45, 2.75) is 25.5 Å². The number of hydrogen-bond donors (Lipinski definition) is 0. The van der Waals surface area contributed by atoms with Gasteiger partial charge in [0.25, 0.3) is 0 Å². The van der Waals surface area contributed by atoms with Crippen molar-refractivity contribution in [3.8, 4) is 0 Å². The van der Waals surface area contributed by atoms with Gasteiger partial charge in [-0.25, -0.2) is 0 Å². The van der Waals surface area contributed by atoms with E-state index in [4.69, 9.17) is 4.74 Å². The molecule has 1 saturated heterocycles. The highest BCUT2D eigenvalue weighted by molar-refractivity contribution is 14.1. The van der Waals surface area contributed by atoms with Gasteiger partial charge in [-0.3, -0.25) is 0 Å². The third-order valence-electron chi connectivity index (χ3n) is 1.91. The molecule has 10 heavy (non-hydrogen) atoms. The second-order valence-electron chi connectivity index (χ2n) is 3.03. The van der Waals surface area contributed by atoms with Gasteiger partial charge in [-0.2, -0.15) is 0 Å². The van der Waals surface area contributed by atoms with E-state index in [1.165, 1.54) is 6.42 Å². The average molecular weight is 250 g/mol. The van der Waals surface area contributed by atoms with Crippen LogP contribution in [0.15, 0.2) is 10.2 Å². The first-order valence-corrected chi connectivity index (χ1v) is 4.69. The Kier molecular flexibility index (Phi) is 2.80. The van der Waals surface area contributed by atoms with Gasteiger partial charge in [-0.15, -0.1) is 0 Å². The van der Waals surface area contributed by atoms with Gasteiger partial charge in [0.15, 0.2) is 0 Å². The van der Waals surface area contributed by atoms with Crippen molar-refractivity contribution < 1.29 is 4.74 Å². The molecule has 1 aliphatic heterocycles. The van der Waals surface area contributed by atoms with Gasteiger partial charge < -0.3 is 4.74 Å². The van der Waals surface area contributed by atoms with Gasteiger partial charge >= 0.3 is 0 Å². The van der Waals surface area contributed by atoms with Crippen LogP contribution in [-0.2, 0) is 4.74 Å². The van der Waals surface area contributed by atoms with Crippen LogP contribution < -0.4 is 0 Å². The van der Waals surface area contributed by atoms with Crippen LogP contribution in [0.4, 0.5) is 0 Å². The smallest absolute Gasteiger partial charge is 0.139 e. The van der Waals surface area contributed by atoms with E-state index in [2.05, 4.69) is 43.9 Å². The Morgan fingerprint density at radius 2 is 2.40 bits per heavy atom. The molecule has 0 bridgehead atoms. The van der Waals surface area contributed by atoms with E-state index in [0.717, 1.165) is 3.58 Å². The summed E-state index contributed by atoms with van der Waals surface area (Å²) in [4.78, 5) is 0. The summed E-state index contributed by atoms with van der Waals surface area (Å²) in [5.74, 6) is 0.652. The predicted molar refractivity (Wildman–Crippen MR) is 54.1 cm³/mol. The first-order chi connectivity index (χ1) is 4.61. The number of halogens is 1. The molecule has 0 spiro atoms. The summed E-state index contributed by atoms with van der Waals surface area (Å²) in [7, 11) is 2.12. The summed E-state index contributed by atoms with van der Waals surface area (Å²) >= 11 is 2.25. The summed E-state index contributed by atoms with van der Waals surface area (Å²) in [5.41, 5.74) is 0. The minimum atomic E-state index is 0.301. The lowest BCUT2D eigenvalue weighted by atomic mass is 9.92. The highest BCUT2D eigenvalue weighted by Crippen LogP contribution is 2.31. The van der Waals surface area contributed by atoms with Gasteiger partial charge in [0.2, 0.25) is 0 Å². The Balaban J connectivity index is 2.54. The molecular formula is C7H12BIO. The van der Waals surface area contributed by atoms with E-state index in [1.54, 1.807) is 0 Å². The maximum Gasteiger partial charge on any atom is 0.139 e. The van der Waals surface area contributed by atoms with Gasteiger partial charge in [0.1, 0.15) is 7.85 Å². The molecule has 3 heteroatoms. The Bertz CT molecular complexity index is 149. The fraction of sp³-hybridized carbons (Fsp3) is 0.714. The van der Waals surface area contributed by atoms with Gasteiger partial charge in [0.05, 0.1) is 6.10 Å². The van der Waals surface area contributed by atoms with E-state index in [0.29, 0.717) is 18.0 Å². The Morgan fingerprint density at radius 1 is 1.80 bits per heavy atom. The average Bonchev–Trinajstić information content (AvgIpc) is 2.10. The van der Waals surface area contributed by atoms with Crippen molar-refractivity contribution in [1.29, 1.82) is 0 Å². The normalized spacial score (nSPS) is 40.0. The monoisotopic (exact) mass is 250 g/mol. The zero-order valence-electron chi connectivity index (χ0n) is 6.43. The molecule has 56 valence electrons. The molecule has 0 saturated carbocycles. The van der Waals surface area contributed by atoms with Crippen molar-refractivity contribution in [3.05, 3.63) is 10.2 Å². The Labute approximate surface area is 76.8 Å². The maximum absolute atomic E-state index is 5.63. The standard InChI is InChI=1S/C7H12BIO/c1-4-3-6(8)10-7(4)5(2)9/h4,6-7H,2-3,8H2,1H3/t4-,6+,7-/m1/s1. The fourth-order valence-corrected chi connectivity index (χ4v) is 2.23. The van der Waals surface area contributed by atoms with Crippen LogP contribution in [-0.4, -0.2) is 20.0 Å². The molecule has 1 rings (SSSR count). The number of ether oxygens (including phenoxy) is 1. The minimum Gasteiger partial charge on any atom is -0.379 e. The van der Waals surface area contributed by atoms with Gasteiger partial charge in [-0.05, 0) is 34.9 Å². The molecule has 1 aliphatic rings. The molecule has 0 aromatic heterocycles. The zero-order valence-corrected chi connectivity index (χ0v) is 8.59. The SMILES string of the molecule is B[C@@H]1C[C@@H](C)[C@H](C(=C)I)O1. The predicted octanol–water partition coefficient (Wildman–Crippen LogP) is 1.32. The maximum atomic E-state index is 5.63. The number of hydrogen-bond acceptors (Lipinski definition) is 1. The molecule has 0 aromatic carbocycles. The van der Waals surface area contributed by atoms with Crippen LogP contribution in [0, 0.1) is 5.92 Å². The van der Waals surface area contributed by atoms with E-state index in [9.17, 15) is 0 Å². The lowest BCUT2D eigenvalue weighted by Crippen LogP contribution is -2.13. The molecule has 1 nitrogen and oxygen atoms in total. The van der Waals surface area contributed by atoms with Crippen molar-refractivity contribution >= 4 is 30.4 Å². The molecule has 0 amide bonds. The summed E-state index contributed by atoms with van der Waals surface area (Å²) in [6.45, 7) is 6.10. The van der Waals surface area contributed by atoms with Crippen LogP contribution in [0.25, 0.3) is 0 Å². The molecule has 0 aromatic rings. The third-order valence-corrected chi connectivity index (χ3v) is 2.52. The summed E-state index contributed by atoms with van der Waals surface area (Å²) in [5, 5.41) is 0. The fourth-order valence-electron chi connectivity index (χ4n) is 1.47. The quantitative estimate of drug-likeness (QED) is 0.503. The topological polar surface area (TPSA) is 9.23 Å². The summed E-state index contributed by atoms with van der Waals surface area (Å²) in [6, 6.07) is 0.423. The second kappa shape index (κ2) is 3.26. The second-order valence-corrected chi connectivity index (χ2v) is 4.41. The Hall–Kier alpha value is 0.495. The number of rotatable bonds is 1. The van der Waals surface area contributed by atoms with Crippen LogP contribution in [0.2, 0.25) is 0 Å². The molecule has 1 heterocycles. The molecule has 1 fully saturated rings. The van der Waals surface area contributed by atoms with E-state index in [-0.39, 0.29) is 0 Å². The Morgan fingerprint density at radius 3 is 2.60 bits per heavy atom. The van der Waals surface area contributed by atoms with E-state index >= 15 is 0 Å². The van der Waals surface area contributed by atoms with E-state index in [1.807, 2.05) is 0 Å². The third kappa shape index (κ3) is 1.75. The van der Waals surface area contributed by atoms with Crippen molar-refractivity contribution in [2.24, 2.45) is 5.92 Å². The molecule has 0 N–H and O–H groups in total. The van der Waals surface area contributed by atoms with Crippen LogP contribution in [0.1, 0.15) is 13.3 Å². The molecule has 3 atom stereocenters. The zero-order chi connectivity index (χ0) is 7.72. The van der Waals surface area contributed by atoms with Crippen molar-refractivity contribution in [2.75, 3.05) is 0 Å². The molecule has 0 unspecified atom stereocenters. The summed E-state index contributed by atoms with van der Waals surface area (Å²) < 4.78 is 6.76. The van der Waals surface area contributed by atoms with Crippen molar-refractivity contribution in [3.63, 3.8) is 0 Å². The first kappa shape index (κ1) is 8.59. The largest absolute Gasteiger partial charge is 0.379 e. The lowest BCUT2D eigenvalue weighted by molar-refractivity contribution is 0.107. The highest BCUT2D eigenvalue weighted by atomic mass is 127. The first-order valence-electron chi connectivity index (χ1n) is 3.61. The van der Waals surface area contributed by atoms with Crippen LogP contribution in [0.3, 0.4) is 0 Å². The van der Waals surface area contributed by atoms with Gasteiger partial charge in [0, 0.05) is 9.58 Å². The summed E-state index contributed by atoms with van der Waals surface area (Å²) in [6.07, 6.45) is 1.47. The molecule has 0 radical (unpaired) electrons. The van der Waals surface area contributed by atoms with Crippen LogP contribution >= 0.6 is 22.6 Å². The minimum absolute atomic E-state index is 0.301. The highest BCUT2D eigenvalue weighted by Gasteiger charge is 2.30. The molecule has 0 aliphatic carbocycles. The van der Waals surface area contributed by atoms with Crippen molar-refractivity contribution in [1.82, 2.24) is 0 Å². The van der Waals surface area contributed by atoms with E-state index < -0.39 is 0 Å². The van der Waals surface area contributed by atoms with Crippen LogP contribution in [0.5, 0.6) is 0 Å².